The predicted octanol–water partition coefficient (Wildman–Crippen LogP) is 4.67. The fourth-order valence-electron chi connectivity index (χ4n) is 3.89. The Morgan fingerprint density at radius 3 is 2.17 bits per heavy atom. The third-order valence-corrected chi connectivity index (χ3v) is 5.64. The molecule has 1 atom stereocenters. The molecular formula is C25H33N3O2. The lowest BCUT2D eigenvalue weighted by Gasteiger charge is -2.36. The van der Waals surface area contributed by atoms with Crippen LogP contribution in [0.1, 0.15) is 43.4 Å². The average molecular weight is 408 g/mol. The number of anilines is 1. The van der Waals surface area contributed by atoms with Gasteiger partial charge in [-0.2, -0.15) is 0 Å². The number of urea groups is 1. The Balaban J connectivity index is 1.52. The summed E-state index contributed by atoms with van der Waals surface area (Å²) in [6, 6.07) is 16.1. The molecule has 5 heteroatoms. The van der Waals surface area contributed by atoms with Crippen molar-refractivity contribution in [3.05, 3.63) is 65.2 Å². The molecule has 0 aliphatic carbocycles. The third-order valence-electron chi connectivity index (χ3n) is 5.64. The van der Waals surface area contributed by atoms with E-state index in [0.717, 1.165) is 23.2 Å². The van der Waals surface area contributed by atoms with Gasteiger partial charge in [0.2, 0.25) is 5.91 Å². The lowest BCUT2D eigenvalue weighted by Crippen LogP contribution is -2.52. The molecule has 0 aromatic heterocycles. The number of benzene rings is 2. The Labute approximate surface area is 180 Å². The highest BCUT2D eigenvalue weighted by Crippen LogP contribution is 2.21. The molecule has 1 saturated heterocycles. The summed E-state index contributed by atoms with van der Waals surface area (Å²) in [6.07, 6.45) is 1.05. The zero-order valence-corrected chi connectivity index (χ0v) is 18.5. The van der Waals surface area contributed by atoms with Gasteiger partial charge in [-0.25, -0.2) is 4.79 Å². The Kier molecular flexibility index (Phi) is 7.14. The number of hydrogen-bond acceptors (Lipinski definition) is 2. The predicted molar refractivity (Wildman–Crippen MR) is 122 cm³/mol. The number of aryl methyl sites for hydroxylation is 1. The van der Waals surface area contributed by atoms with Crippen molar-refractivity contribution >= 4 is 17.6 Å². The van der Waals surface area contributed by atoms with Crippen molar-refractivity contribution in [2.75, 3.05) is 31.5 Å². The van der Waals surface area contributed by atoms with Crippen LogP contribution >= 0.6 is 0 Å². The van der Waals surface area contributed by atoms with E-state index < -0.39 is 0 Å². The number of nitrogens with zero attached hydrogens (tertiary/aromatic N) is 2. The maximum atomic E-state index is 13.0. The lowest BCUT2D eigenvalue weighted by atomic mass is 9.95. The zero-order valence-electron chi connectivity index (χ0n) is 18.5. The SMILES string of the molecule is Cc1cccc(NC(=O)N2CCN(C(=O)C(C)c3ccc(CC(C)C)cc3)CC2)c1. The van der Waals surface area contributed by atoms with Crippen LogP contribution in [-0.2, 0) is 11.2 Å². The van der Waals surface area contributed by atoms with Crippen LogP contribution in [-0.4, -0.2) is 47.9 Å². The molecule has 0 bridgehead atoms. The summed E-state index contributed by atoms with van der Waals surface area (Å²) in [5, 5.41) is 2.95. The van der Waals surface area contributed by atoms with E-state index in [-0.39, 0.29) is 17.9 Å². The second kappa shape index (κ2) is 9.79. The van der Waals surface area contributed by atoms with Crippen LogP contribution in [0.15, 0.2) is 48.5 Å². The molecule has 30 heavy (non-hydrogen) atoms. The van der Waals surface area contributed by atoms with Crippen LogP contribution in [0.2, 0.25) is 0 Å². The third kappa shape index (κ3) is 5.62. The molecule has 1 unspecified atom stereocenters. The molecule has 0 spiro atoms. The van der Waals surface area contributed by atoms with Crippen molar-refractivity contribution in [3.63, 3.8) is 0 Å². The van der Waals surface area contributed by atoms with Gasteiger partial charge in [-0.1, -0.05) is 50.2 Å². The number of nitrogens with one attached hydrogen (secondary N) is 1. The number of amides is 3. The summed E-state index contributed by atoms with van der Waals surface area (Å²) in [5.74, 6) is 0.574. The molecule has 0 saturated carbocycles. The molecule has 1 heterocycles. The van der Waals surface area contributed by atoms with Crippen molar-refractivity contribution < 1.29 is 9.59 Å². The second-order valence-electron chi connectivity index (χ2n) is 8.67. The van der Waals surface area contributed by atoms with Gasteiger partial charge < -0.3 is 15.1 Å². The molecule has 1 fully saturated rings. The molecule has 1 N–H and O–H groups in total. The molecule has 2 aromatic carbocycles. The fourth-order valence-corrected chi connectivity index (χ4v) is 3.89. The highest BCUT2D eigenvalue weighted by atomic mass is 16.2. The van der Waals surface area contributed by atoms with E-state index in [1.165, 1.54) is 5.56 Å². The van der Waals surface area contributed by atoms with Gasteiger partial charge in [0.15, 0.2) is 0 Å². The normalized spacial score (nSPS) is 15.2. The topological polar surface area (TPSA) is 52.7 Å². The average Bonchev–Trinajstić information content (AvgIpc) is 2.73. The van der Waals surface area contributed by atoms with Gasteiger partial charge in [-0.05, 0) is 55.0 Å². The largest absolute Gasteiger partial charge is 0.339 e. The Morgan fingerprint density at radius 1 is 0.933 bits per heavy atom. The van der Waals surface area contributed by atoms with Crippen LogP contribution in [0, 0.1) is 12.8 Å². The van der Waals surface area contributed by atoms with Crippen molar-refractivity contribution in [1.82, 2.24) is 9.80 Å². The Hall–Kier alpha value is -2.82. The van der Waals surface area contributed by atoms with Crippen molar-refractivity contribution in [2.24, 2.45) is 5.92 Å². The molecule has 3 rings (SSSR count). The van der Waals surface area contributed by atoms with E-state index >= 15 is 0 Å². The summed E-state index contributed by atoms with van der Waals surface area (Å²) < 4.78 is 0. The van der Waals surface area contributed by atoms with Crippen LogP contribution < -0.4 is 5.32 Å². The quantitative estimate of drug-likeness (QED) is 0.783. The first-order chi connectivity index (χ1) is 14.3. The number of piperazine rings is 1. The minimum Gasteiger partial charge on any atom is -0.339 e. The van der Waals surface area contributed by atoms with E-state index in [0.29, 0.717) is 32.1 Å². The van der Waals surface area contributed by atoms with Crippen LogP contribution in [0.25, 0.3) is 0 Å². The van der Waals surface area contributed by atoms with Gasteiger partial charge in [0, 0.05) is 31.9 Å². The van der Waals surface area contributed by atoms with Gasteiger partial charge >= 0.3 is 6.03 Å². The minimum absolute atomic E-state index is 0.110. The highest BCUT2D eigenvalue weighted by Gasteiger charge is 2.27. The minimum atomic E-state index is -0.175. The van der Waals surface area contributed by atoms with Crippen LogP contribution in [0.5, 0.6) is 0 Å². The molecule has 160 valence electrons. The zero-order chi connectivity index (χ0) is 21.7. The molecule has 5 nitrogen and oxygen atoms in total. The van der Waals surface area contributed by atoms with Gasteiger partial charge in [0.25, 0.3) is 0 Å². The lowest BCUT2D eigenvalue weighted by molar-refractivity contribution is -0.133. The van der Waals surface area contributed by atoms with Crippen molar-refractivity contribution in [1.29, 1.82) is 0 Å². The molecule has 1 aliphatic rings. The Bertz CT molecular complexity index is 868. The van der Waals surface area contributed by atoms with Gasteiger partial charge in [-0.3, -0.25) is 4.79 Å². The van der Waals surface area contributed by atoms with E-state index in [4.69, 9.17) is 0 Å². The first kappa shape index (κ1) is 21.9. The van der Waals surface area contributed by atoms with E-state index in [2.05, 4.69) is 43.4 Å². The maximum Gasteiger partial charge on any atom is 0.321 e. The fraction of sp³-hybridized carbons (Fsp3) is 0.440. The van der Waals surface area contributed by atoms with E-state index in [1.54, 1.807) is 4.90 Å². The summed E-state index contributed by atoms with van der Waals surface area (Å²) >= 11 is 0. The molecular weight excluding hydrogens is 374 g/mol. The highest BCUT2D eigenvalue weighted by molar-refractivity contribution is 5.90. The van der Waals surface area contributed by atoms with Crippen molar-refractivity contribution in [3.8, 4) is 0 Å². The maximum absolute atomic E-state index is 13.0. The number of carbonyl (C=O) groups is 2. The Morgan fingerprint density at radius 2 is 1.57 bits per heavy atom. The van der Waals surface area contributed by atoms with Gasteiger partial charge in [0.1, 0.15) is 0 Å². The molecule has 3 amide bonds. The number of hydrogen-bond donors (Lipinski definition) is 1. The van der Waals surface area contributed by atoms with Crippen molar-refractivity contribution in [2.45, 2.75) is 40.0 Å². The first-order valence-corrected chi connectivity index (χ1v) is 10.8. The summed E-state index contributed by atoms with van der Waals surface area (Å²) in [5.41, 5.74) is 4.26. The molecule has 2 aromatic rings. The van der Waals surface area contributed by atoms with E-state index in [9.17, 15) is 9.59 Å². The standard InChI is InChI=1S/C25H33N3O2/c1-18(2)16-21-8-10-22(11-9-21)20(4)24(29)27-12-14-28(15-13-27)25(30)26-23-7-5-6-19(3)17-23/h5-11,17-18,20H,12-16H2,1-4H3,(H,26,30). The monoisotopic (exact) mass is 407 g/mol. The van der Waals surface area contributed by atoms with Crippen LogP contribution in [0.4, 0.5) is 10.5 Å². The number of carbonyl (C=O) groups excluding carboxylic acids is 2. The van der Waals surface area contributed by atoms with Gasteiger partial charge in [0.05, 0.1) is 5.92 Å². The first-order valence-electron chi connectivity index (χ1n) is 10.8. The van der Waals surface area contributed by atoms with Crippen LogP contribution in [0.3, 0.4) is 0 Å². The summed E-state index contributed by atoms with van der Waals surface area (Å²) in [4.78, 5) is 29.2. The molecule has 0 radical (unpaired) electrons. The summed E-state index contributed by atoms with van der Waals surface area (Å²) in [7, 11) is 0. The molecule has 1 aliphatic heterocycles. The summed E-state index contributed by atoms with van der Waals surface area (Å²) in [6.45, 7) is 10.6. The van der Waals surface area contributed by atoms with E-state index in [1.807, 2.05) is 43.0 Å². The smallest absolute Gasteiger partial charge is 0.321 e. The number of rotatable bonds is 5. The van der Waals surface area contributed by atoms with Gasteiger partial charge in [-0.15, -0.1) is 0 Å². The second-order valence-corrected chi connectivity index (χ2v) is 8.67.